The van der Waals surface area contributed by atoms with Gasteiger partial charge in [-0.15, -0.1) is 0 Å². The summed E-state index contributed by atoms with van der Waals surface area (Å²) in [7, 11) is 0. The van der Waals surface area contributed by atoms with Gasteiger partial charge in [-0.25, -0.2) is 0 Å². The van der Waals surface area contributed by atoms with Crippen molar-refractivity contribution in [2.75, 3.05) is 24.5 Å². The van der Waals surface area contributed by atoms with E-state index in [1.54, 1.807) is 6.20 Å². The van der Waals surface area contributed by atoms with Gasteiger partial charge in [-0.2, -0.15) is 0 Å². The van der Waals surface area contributed by atoms with Gasteiger partial charge in [-0.1, -0.05) is 23.8 Å². The number of fused-ring (bicyclic) bond motifs is 2. The molecule has 1 spiro atoms. The third-order valence-electron chi connectivity index (χ3n) is 6.13. The summed E-state index contributed by atoms with van der Waals surface area (Å²) in [6.45, 7) is 5.19. The molecule has 0 radical (unpaired) electrons. The normalized spacial score (nSPS) is 20.3. The van der Waals surface area contributed by atoms with Gasteiger partial charge in [0.15, 0.2) is 0 Å². The second-order valence-electron chi connectivity index (χ2n) is 8.21. The molecular formula is C24H24N4O. The Balaban J connectivity index is 1.41. The Kier molecular flexibility index (Phi) is 4.31. The fraction of sp³-hybridized carbons (Fsp3) is 0.292. The smallest absolute Gasteiger partial charge is 0.253 e. The molecule has 1 aromatic carbocycles. The molecule has 0 aliphatic carbocycles. The third kappa shape index (κ3) is 3.16. The van der Waals surface area contributed by atoms with Gasteiger partial charge in [0.2, 0.25) is 0 Å². The number of carbonyl (C=O) groups is 1. The number of pyridine rings is 2. The fourth-order valence-electron chi connectivity index (χ4n) is 4.77. The molecule has 5 heteroatoms. The number of rotatable bonds is 3. The molecule has 2 aromatic heterocycles. The van der Waals surface area contributed by atoms with Crippen LogP contribution in [0.25, 0.3) is 0 Å². The molecule has 0 saturated carbocycles. The topological polar surface area (TPSA) is 49.3 Å². The molecule has 1 unspecified atom stereocenters. The summed E-state index contributed by atoms with van der Waals surface area (Å²) in [6, 6.07) is 16.1. The average molecular weight is 384 g/mol. The number of benzene rings is 1. The quantitative estimate of drug-likeness (QED) is 0.692. The Labute approximate surface area is 171 Å². The summed E-state index contributed by atoms with van der Waals surface area (Å²) < 4.78 is 0. The van der Waals surface area contributed by atoms with Crippen LogP contribution in [0.3, 0.4) is 0 Å². The second kappa shape index (κ2) is 6.99. The van der Waals surface area contributed by atoms with Crippen molar-refractivity contribution in [3.8, 4) is 0 Å². The highest BCUT2D eigenvalue weighted by molar-refractivity contribution is 5.94. The highest BCUT2D eigenvalue weighted by Crippen LogP contribution is 2.45. The van der Waals surface area contributed by atoms with E-state index in [1.807, 2.05) is 60.6 Å². The Morgan fingerprint density at radius 1 is 1.10 bits per heavy atom. The van der Waals surface area contributed by atoms with Gasteiger partial charge in [0.05, 0.1) is 16.8 Å². The van der Waals surface area contributed by atoms with E-state index in [2.05, 4.69) is 22.0 Å². The Bertz CT molecular complexity index is 1050. The van der Waals surface area contributed by atoms with Gasteiger partial charge >= 0.3 is 0 Å². The maximum Gasteiger partial charge on any atom is 0.253 e. The first-order chi connectivity index (χ1) is 14.1. The summed E-state index contributed by atoms with van der Waals surface area (Å²) in [6.07, 6.45) is 6.54. The molecule has 3 aromatic rings. The molecule has 1 atom stereocenters. The van der Waals surface area contributed by atoms with Crippen LogP contribution in [-0.4, -0.2) is 40.4 Å². The maximum atomic E-state index is 13.1. The number of hydrogen-bond acceptors (Lipinski definition) is 4. The van der Waals surface area contributed by atoms with Gasteiger partial charge in [0.1, 0.15) is 0 Å². The van der Waals surface area contributed by atoms with Crippen LogP contribution in [0.15, 0.2) is 67.1 Å². The van der Waals surface area contributed by atoms with E-state index < -0.39 is 0 Å². The van der Waals surface area contributed by atoms with Gasteiger partial charge in [0.25, 0.3) is 5.91 Å². The molecule has 1 saturated heterocycles. The Morgan fingerprint density at radius 3 is 2.83 bits per heavy atom. The van der Waals surface area contributed by atoms with Crippen LogP contribution in [0.1, 0.15) is 33.6 Å². The molecule has 29 heavy (non-hydrogen) atoms. The molecule has 4 heterocycles. The van der Waals surface area contributed by atoms with Gasteiger partial charge in [0, 0.05) is 50.3 Å². The number of aryl methyl sites for hydroxylation is 1. The van der Waals surface area contributed by atoms with Gasteiger partial charge < -0.3 is 9.80 Å². The number of amides is 1. The predicted octanol–water partition coefficient (Wildman–Crippen LogP) is 3.59. The van der Waals surface area contributed by atoms with Crippen molar-refractivity contribution in [3.63, 3.8) is 0 Å². The molecule has 5 nitrogen and oxygen atoms in total. The molecular weight excluding hydrogens is 360 g/mol. The first-order valence-electron chi connectivity index (χ1n) is 10.1. The van der Waals surface area contributed by atoms with Crippen molar-refractivity contribution in [1.82, 2.24) is 14.9 Å². The summed E-state index contributed by atoms with van der Waals surface area (Å²) in [5.74, 6) is 0.119. The SMILES string of the molecule is Cc1cccc(C(=O)N2CCC3(C2)CN(Cc2cccnc2)c2cccnc23)c1. The average Bonchev–Trinajstić information content (AvgIpc) is 3.31. The number of nitrogens with zero attached hydrogens (tertiary/aromatic N) is 4. The lowest BCUT2D eigenvalue weighted by molar-refractivity contribution is 0.0784. The first kappa shape index (κ1) is 17.9. The second-order valence-corrected chi connectivity index (χ2v) is 8.21. The standard InChI is InChI=1S/C24H24N4O/c1-18-5-2-7-20(13-18)23(29)27-12-9-24(16-27)17-28(15-19-6-3-10-25-14-19)21-8-4-11-26-22(21)24/h2-8,10-11,13-14H,9,12,15-17H2,1H3. The predicted molar refractivity (Wildman–Crippen MR) is 113 cm³/mol. The highest BCUT2D eigenvalue weighted by atomic mass is 16.2. The largest absolute Gasteiger partial charge is 0.365 e. The van der Waals surface area contributed by atoms with Crippen molar-refractivity contribution in [2.45, 2.75) is 25.3 Å². The third-order valence-corrected chi connectivity index (χ3v) is 6.13. The zero-order chi connectivity index (χ0) is 19.8. The minimum atomic E-state index is -0.0989. The molecule has 2 aliphatic rings. The van der Waals surface area contributed by atoms with Crippen LogP contribution >= 0.6 is 0 Å². The van der Waals surface area contributed by atoms with E-state index in [4.69, 9.17) is 4.98 Å². The molecule has 2 aliphatic heterocycles. The zero-order valence-electron chi connectivity index (χ0n) is 16.6. The summed E-state index contributed by atoms with van der Waals surface area (Å²) in [5.41, 5.74) is 5.28. The molecule has 5 rings (SSSR count). The molecule has 1 amide bonds. The minimum absolute atomic E-state index is 0.0989. The van der Waals surface area contributed by atoms with Crippen LogP contribution in [0.2, 0.25) is 0 Å². The Hall–Kier alpha value is -3.21. The molecule has 1 fully saturated rings. The van der Waals surface area contributed by atoms with Crippen LogP contribution in [-0.2, 0) is 12.0 Å². The fourth-order valence-corrected chi connectivity index (χ4v) is 4.77. The summed E-state index contributed by atoms with van der Waals surface area (Å²) in [4.78, 5) is 26.5. The lowest BCUT2D eigenvalue weighted by Crippen LogP contribution is -2.38. The van der Waals surface area contributed by atoms with Crippen molar-refractivity contribution < 1.29 is 4.79 Å². The van der Waals surface area contributed by atoms with Crippen molar-refractivity contribution in [3.05, 3.63) is 89.5 Å². The number of carbonyl (C=O) groups excluding carboxylic acids is 1. The number of likely N-dealkylation sites (tertiary alicyclic amines) is 1. The van der Waals surface area contributed by atoms with E-state index in [-0.39, 0.29) is 11.3 Å². The van der Waals surface area contributed by atoms with Crippen molar-refractivity contribution in [1.29, 1.82) is 0 Å². The van der Waals surface area contributed by atoms with Crippen LogP contribution in [0.5, 0.6) is 0 Å². The highest BCUT2D eigenvalue weighted by Gasteiger charge is 2.49. The van der Waals surface area contributed by atoms with Gasteiger partial charge in [-0.3, -0.25) is 14.8 Å². The molecule has 146 valence electrons. The first-order valence-corrected chi connectivity index (χ1v) is 10.1. The zero-order valence-corrected chi connectivity index (χ0v) is 16.6. The lowest BCUT2D eigenvalue weighted by Gasteiger charge is -2.26. The molecule has 0 N–H and O–H groups in total. The number of anilines is 1. The lowest BCUT2D eigenvalue weighted by atomic mass is 9.85. The minimum Gasteiger partial charge on any atom is -0.365 e. The van der Waals surface area contributed by atoms with E-state index >= 15 is 0 Å². The maximum absolute atomic E-state index is 13.1. The van der Waals surface area contributed by atoms with Crippen LogP contribution in [0.4, 0.5) is 5.69 Å². The molecule has 0 bridgehead atoms. The summed E-state index contributed by atoms with van der Waals surface area (Å²) in [5, 5.41) is 0. The van der Waals surface area contributed by atoms with Crippen molar-refractivity contribution >= 4 is 11.6 Å². The van der Waals surface area contributed by atoms with E-state index in [1.165, 1.54) is 11.3 Å². The van der Waals surface area contributed by atoms with Crippen molar-refractivity contribution in [2.24, 2.45) is 0 Å². The van der Waals surface area contributed by atoms with Crippen LogP contribution < -0.4 is 4.90 Å². The van der Waals surface area contributed by atoms with E-state index in [9.17, 15) is 4.79 Å². The van der Waals surface area contributed by atoms with Gasteiger partial charge in [-0.05, 0) is 49.2 Å². The Morgan fingerprint density at radius 2 is 2.00 bits per heavy atom. The summed E-state index contributed by atoms with van der Waals surface area (Å²) >= 11 is 0. The monoisotopic (exact) mass is 384 g/mol. The van der Waals surface area contributed by atoms with Crippen LogP contribution in [0, 0.1) is 6.92 Å². The number of hydrogen-bond donors (Lipinski definition) is 0. The van der Waals surface area contributed by atoms with E-state index in [0.29, 0.717) is 6.54 Å². The number of aromatic nitrogens is 2. The van der Waals surface area contributed by atoms with E-state index in [0.717, 1.165) is 42.9 Å².